The number of ether oxygens (including phenoxy) is 1. The van der Waals surface area contributed by atoms with Gasteiger partial charge < -0.3 is 20.1 Å². The largest absolute Gasteiger partial charge is 0.481 e. The Balaban J connectivity index is 2.45. The number of alkyl halides is 4. The average molecular weight is 302 g/mol. The molecule has 2 amide bonds. The molecule has 1 saturated heterocycles. The number of carboxylic acid groups (broad SMARTS) is 1. The van der Waals surface area contributed by atoms with Crippen LogP contribution in [0, 0.1) is 0 Å². The third-order valence-electron chi connectivity index (χ3n) is 2.62. The Morgan fingerprint density at radius 2 is 2.10 bits per heavy atom. The lowest BCUT2D eigenvalue weighted by Gasteiger charge is -2.32. The number of carbonyl (C=O) groups excluding carboxylic acids is 1. The van der Waals surface area contributed by atoms with E-state index >= 15 is 0 Å². The van der Waals surface area contributed by atoms with E-state index in [-0.39, 0.29) is 26.1 Å². The van der Waals surface area contributed by atoms with Crippen LogP contribution in [0.25, 0.3) is 0 Å². The van der Waals surface area contributed by atoms with Gasteiger partial charge >= 0.3 is 24.3 Å². The molecule has 0 aromatic carbocycles. The van der Waals surface area contributed by atoms with E-state index in [9.17, 15) is 27.2 Å². The Kier molecular flexibility index (Phi) is 5.54. The van der Waals surface area contributed by atoms with Gasteiger partial charge in [-0.05, 0) is 0 Å². The predicted octanol–water partition coefficient (Wildman–Crippen LogP) is 0.772. The Morgan fingerprint density at radius 1 is 1.45 bits per heavy atom. The van der Waals surface area contributed by atoms with Gasteiger partial charge in [-0.15, -0.1) is 0 Å². The third kappa shape index (κ3) is 4.83. The maximum Gasteiger partial charge on any atom is 0.324 e. The van der Waals surface area contributed by atoms with E-state index < -0.39 is 37.0 Å². The quantitative estimate of drug-likeness (QED) is 0.735. The van der Waals surface area contributed by atoms with Crippen molar-refractivity contribution in [2.24, 2.45) is 0 Å². The van der Waals surface area contributed by atoms with Crippen molar-refractivity contribution >= 4 is 12.0 Å². The summed E-state index contributed by atoms with van der Waals surface area (Å²) < 4.78 is 54.2. The molecular weight excluding hydrogens is 288 g/mol. The van der Waals surface area contributed by atoms with Gasteiger partial charge in [0, 0.05) is 13.1 Å². The van der Waals surface area contributed by atoms with Crippen LogP contribution in [0.2, 0.25) is 0 Å². The lowest BCUT2D eigenvalue weighted by Crippen LogP contribution is -2.52. The number of amides is 2. The fourth-order valence-corrected chi connectivity index (χ4v) is 1.60. The molecule has 1 heterocycles. The maximum absolute atomic E-state index is 12.6. The Bertz CT molecular complexity index is 367. The number of hydrogen-bond acceptors (Lipinski definition) is 3. The SMILES string of the molecule is O=C(O)CC1CN(C(=O)NCC(F)(F)C(F)F)CCO1. The van der Waals surface area contributed by atoms with Gasteiger partial charge in [0.2, 0.25) is 0 Å². The summed E-state index contributed by atoms with van der Waals surface area (Å²) in [6.45, 7) is -1.46. The molecule has 0 saturated carbocycles. The van der Waals surface area contributed by atoms with Crippen molar-refractivity contribution in [1.29, 1.82) is 0 Å². The first-order valence-electron chi connectivity index (χ1n) is 5.74. The monoisotopic (exact) mass is 302 g/mol. The summed E-state index contributed by atoms with van der Waals surface area (Å²) >= 11 is 0. The maximum atomic E-state index is 12.6. The number of halogens is 4. The van der Waals surface area contributed by atoms with Crippen molar-refractivity contribution in [2.75, 3.05) is 26.2 Å². The molecule has 0 aromatic heterocycles. The summed E-state index contributed by atoms with van der Waals surface area (Å²) in [5.41, 5.74) is 0. The smallest absolute Gasteiger partial charge is 0.324 e. The van der Waals surface area contributed by atoms with Crippen molar-refractivity contribution in [3.8, 4) is 0 Å². The number of urea groups is 1. The molecular formula is C10H14F4N2O4. The highest BCUT2D eigenvalue weighted by atomic mass is 19.3. The van der Waals surface area contributed by atoms with Gasteiger partial charge in [0.25, 0.3) is 0 Å². The summed E-state index contributed by atoms with van der Waals surface area (Å²) in [6.07, 6.45) is -4.95. The van der Waals surface area contributed by atoms with Gasteiger partial charge in [-0.25, -0.2) is 13.6 Å². The minimum absolute atomic E-state index is 0.0522. The molecule has 1 fully saturated rings. The number of hydrogen-bond donors (Lipinski definition) is 2. The zero-order valence-electron chi connectivity index (χ0n) is 10.3. The molecule has 0 bridgehead atoms. The van der Waals surface area contributed by atoms with Gasteiger partial charge in [0.1, 0.15) is 0 Å². The van der Waals surface area contributed by atoms with Gasteiger partial charge in [-0.3, -0.25) is 4.79 Å². The third-order valence-corrected chi connectivity index (χ3v) is 2.62. The molecule has 1 rings (SSSR count). The van der Waals surface area contributed by atoms with E-state index in [4.69, 9.17) is 9.84 Å². The van der Waals surface area contributed by atoms with E-state index in [0.717, 1.165) is 4.90 Å². The first kappa shape index (κ1) is 16.5. The van der Waals surface area contributed by atoms with Crippen LogP contribution in [0.4, 0.5) is 22.4 Å². The molecule has 0 radical (unpaired) electrons. The lowest BCUT2D eigenvalue weighted by molar-refractivity contribution is -0.141. The minimum atomic E-state index is -4.30. The summed E-state index contributed by atoms with van der Waals surface area (Å²) in [5, 5.41) is 10.3. The minimum Gasteiger partial charge on any atom is -0.481 e. The number of nitrogens with one attached hydrogen (secondary N) is 1. The number of carbonyl (C=O) groups is 2. The first-order chi connectivity index (χ1) is 9.22. The van der Waals surface area contributed by atoms with Crippen LogP contribution in [0.3, 0.4) is 0 Å². The second-order valence-electron chi connectivity index (χ2n) is 4.26. The van der Waals surface area contributed by atoms with Crippen molar-refractivity contribution in [3.63, 3.8) is 0 Å². The molecule has 10 heteroatoms. The highest BCUT2D eigenvalue weighted by Crippen LogP contribution is 2.21. The van der Waals surface area contributed by atoms with Crippen LogP contribution < -0.4 is 5.32 Å². The van der Waals surface area contributed by atoms with Gasteiger partial charge in [0.05, 0.1) is 25.7 Å². The summed E-state index contributed by atoms with van der Waals surface area (Å²) in [4.78, 5) is 23.1. The van der Waals surface area contributed by atoms with Gasteiger partial charge in [-0.2, -0.15) is 8.78 Å². The van der Waals surface area contributed by atoms with E-state index in [1.54, 1.807) is 5.32 Å². The number of morpholine rings is 1. The fraction of sp³-hybridized carbons (Fsp3) is 0.800. The highest BCUT2D eigenvalue weighted by molar-refractivity contribution is 5.74. The fourth-order valence-electron chi connectivity index (χ4n) is 1.60. The summed E-state index contributed by atoms with van der Waals surface area (Å²) in [5.74, 6) is -5.43. The number of nitrogens with zero attached hydrogens (tertiary/aromatic N) is 1. The van der Waals surface area contributed by atoms with Crippen molar-refractivity contribution in [2.45, 2.75) is 24.9 Å². The van der Waals surface area contributed by atoms with Crippen LogP contribution in [0.1, 0.15) is 6.42 Å². The second-order valence-corrected chi connectivity index (χ2v) is 4.26. The average Bonchev–Trinajstić information content (AvgIpc) is 2.35. The summed E-state index contributed by atoms with van der Waals surface area (Å²) in [7, 11) is 0. The molecule has 2 N–H and O–H groups in total. The molecule has 1 aliphatic rings. The molecule has 20 heavy (non-hydrogen) atoms. The molecule has 0 aliphatic carbocycles. The van der Waals surface area contributed by atoms with E-state index in [0.29, 0.717) is 0 Å². The van der Waals surface area contributed by atoms with Crippen LogP contribution in [0.15, 0.2) is 0 Å². The zero-order chi connectivity index (χ0) is 15.3. The molecule has 0 aromatic rings. The Labute approximate surface area is 111 Å². The number of carboxylic acids is 1. The van der Waals surface area contributed by atoms with Crippen molar-refractivity contribution in [3.05, 3.63) is 0 Å². The van der Waals surface area contributed by atoms with E-state index in [2.05, 4.69) is 0 Å². The standard InChI is InChI=1S/C10H14F4N2O4/c11-8(12)10(13,14)5-15-9(19)16-1-2-20-6(4-16)3-7(17)18/h6,8H,1-5H2,(H,15,19)(H,17,18). The van der Waals surface area contributed by atoms with Gasteiger partial charge in [-0.1, -0.05) is 0 Å². The van der Waals surface area contributed by atoms with Crippen molar-refractivity contribution < 1.29 is 37.0 Å². The van der Waals surface area contributed by atoms with Crippen LogP contribution in [-0.2, 0) is 9.53 Å². The molecule has 6 nitrogen and oxygen atoms in total. The molecule has 1 atom stereocenters. The van der Waals surface area contributed by atoms with Crippen LogP contribution in [0.5, 0.6) is 0 Å². The zero-order valence-corrected chi connectivity index (χ0v) is 10.3. The summed E-state index contributed by atoms with van der Waals surface area (Å²) in [6, 6.07) is -0.955. The molecule has 116 valence electrons. The molecule has 1 unspecified atom stereocenters. The molecule has 0 spiro atoms. The predicted molar refractivity (Wildman–Crippen MR) is 57.9 cm³/mol. The second kappa shape index (κ2) is 6.73. The van der Waals surface area contributed by atoms with E-state index in [1.807, 2.05) is 0 Å². The Hall–Kier alpha value is -1.58. The highest BCUT2D eigenvalue weighted by Gasteiger charge is 2.41. The number of rotatable bonds is 5. The van der Waals surface area contributed by atoms with Crippen LogP contribution >= 0.6 is 0 Å². The van der Waals surface area contributed by atoms with Gasteiger partial charge in [0.15, 0.2) is 0 Å². The van der Waals surface area contributed by atoms with E-state index in [1.165, 1.54) is 0 Å². The molecule has 1 aliphatic heterocycles. The van der Waals surface area contributed by atoms with Crippen molar-refractivity contribution in [1.82, 2.24) is 10.2 Å². The van der Waals surface area contributed by atoms with Crippen LogP contribution in [-0.4, -0.2) is 66.7 Å². The first-order valence-corrected chi connectivity index (χ1v) is 5.74. The lowest BCUT2D eigenvalue weighted by atomic mass is 10.2. The number of aliphatic carboxylic acids is 1. The normalized spacial score (nSPS) is 20.1. The Morgan fingerprint density at radius 3 is 2.65 bits per heavy atom. The topological polar surface area (TPSA) is 78.9 Å².